The van der Waals surface area contributed by atoms with Crippen LogP contribution in [0.5, 0.6) is 0 Å². The number of aromatic nitrogens is 2. The van der Waals surface area contributed by atoms with Crippen LogP contribution in [-0.2, 0) is 0 Å². The molecule has 0 bridgehead atoms. The molecule has 0 radical (unpaired) electrons. The highest BCUT2D eigenvalue weighted by atomic mass is 35.5. The molecule has 0 atom stereocenters. The SMILES string of the molecule is Cc1cccc(F)c1-n1c(=S)[nH]c2c(Cl)cccc21. The number of hydrogen-bond acceptors (Lipinski definition) is 1. The Hall–Kier alpha value is -1.65. The molecule has 3 rings (SSSR count). The molecule has 0 saturated heterocycles. The van der Waals surface area contributed by atoms with Crippen LogP contribution in [0.1, 0.15) is 5.56 Å². The lowest BCUT2D eigenvalue weighted by Crippen LogP contribution is -2.00. The van der Waals surface area contributed by atoms with Crippen molar-refractivity contribution in [1.82, 2.24) is 9.55 Å². The van der Waals surface area contributed by atoms with Crippen molar-refractivity contribution in [2.24, 2.45) is 0 Å². The zero-order chi connectivity index (χ0) is 13.6. The van der Waals surface area contributed by atoms with Gasteiger partial charge in [-0.3, -0.25) is 4.57 Å². The van der Waals surface area contributed by atoms with E-state index in [1.54, 1.807) is 16.7 Å². The zero-order valence-electron chi connectivity index (χ0n) is 10.1. The summed E-state index contributed by atoms with van der Waals surface area (Å²) in [6.07, 6.45) is 0. The topological polar surface area (TPSA) is 20.7 Å². The van der Waals surface area contributed by atoms with Gasteiger partial charge in [0.15, 0.2) is 4.77 Å². The second-order valence-electron chi connectivity index (χ2n) is 4.30. The number of nitrogens with zero attached hydrogens (tertiary/aromatic N) is 1. The maximum Gasteiger partial charge on any atom is 0.182 e. The molecule has 0 saturated carbocycles. The Morgan fingerprint density at radius 1 is 1.21 bits per heavy atom. The Kier molecular flexibility index (Phi) is 2.92. The van der Waals surface area contributed by atoms with Gasteiger partial charge in [0.05, 0.1) is 21.7 Å². The molecule has 3 aromatic rings. The van der Waals surface area contributed by atoms with Gasteiger partial charge in [-0.2, -0.15) is 0 Å². The average Bonchev–Trinajstić information content (AvgIpc) is 2.68. The van der Waals surface area contributed by atoms with Crippen molar-refractivity contribution in [3.63, 3.8) is 0 Å². The largest absolute Gasteiger partial charge is 0.329 e. The highest BCUT2D eigenvalue weighted by Crippen LogP contribution is 2.27. The van der Waals surface area contributed by atoms with E-state index in [-0.39, 0.29) is 5.82 Å². The van der Waals surface area contributed by atoms with Crippen LogP contribution >= 0.6 is 23.8 Å². The molecule has 0 amide bonds. The first-order valence-electron chi connectivity index (χ1n) is 5.74. The molecule has 0 aliphatic heterocycles. The van der Waals surface area contributed by atoms with Gasteiger partial charge in [-0.1, -0.05) is 29.8 Å². The third kappa shape index (κ3) is 1.88. The number of aryl methyl sites for hydroxylation is 1. The number of aromatic amines is 1. The second kappa shape index (κ2) is 4.47. The Labute approximate surface area is 119 Å². The average molecular weight is 293 g/mol. The minimum atomic E-state index is -0.308. The van der Waals surface area contributed by atoms with Crippen molar-refractivity contribution in [1.29, 1.82) is 0 Å². The van der Waals surface area contributed by atoms with Crippen LogP contribution in [0.4, 0.5) is 4.39 Å². The molecule has 0 spiro atoms. The normalized spacial score (nSPS) is 11.1. The van der Waals surface area contributed by atoms with Crippen LogP contribution < -0.4 is 0 Å². The van der Waals surface area contributed by atoms with E-state index in [0.29, 0.717) is 15.5 Å². The van der Waals surface area contributed by atoms with Crippen molar-refractivity contribution in [2.75, 3.05) is 0 Å². The predicted octanol–water partition coefficient (Wildman–Crippen LogP) is 4.79. The van der Waals surface area contributed by atoms with Gasteiger partial charge in [0, 0.05) is 0 Å². The summed E-state index contributed by atoms with van der Waals surface area (Å²) in [5.41, 5.74) is 2.76. The number of imidazole rings is 1. The van der Waals surface area contributed by atoms with Crippen molar-refractivity contribution < 1.29 is 4.39 Å². The number of rotatable bonds is 1. The molecular weight excluding hydrogens is 283 g/mol. The van der Waals surface area contributed by atoms with E-state index in [1.165, 1.54) is 6.07 Å². The fourth-order valence-corrected chi connectivity index (χ4v) is 2.73. The van der Waals surface area contributed by atoms with E-state index >= 15 is 0 Å². The summed E-state index contributed by atoms with van der Waals surface area (Å²) in [4.78, 5) is 3.03. The summed E-state index contributed by atoms with van der Waals surface area (Å²) in [6, 6.07) is 10.4. The molecule has 5 heteroatoms. The summed E-state index contributed by atoms with van der Waals surface area (Å²) in [7, 11) is 0. The molecule has 0 aliphatic rings. The van der Waals surface area contributed by atoms with Gasteiger partial charge < -0.3 is 4.98 Å². The molecule has 0 unspecified atom stereocenters. The third-order valence-electron chi connectivity index (χ3n) is 3.08. The van der Waals surface area contributed by atoms with Gasteiger partial charge in [0.25, 0.3) is 0 Å². The lowest BCUT2D eigenvalue weighted by atomic mass is 10.2. The number of nitrogens with one attached hydrogen (secondary N) is 1. The van der Waals surface area contributed by atoms with E-state index in [9.17, 15) is 4.39 Å². The standard InChI is InChI=1S/C14H10ClFN2S/c1-8-4-2-6-10(16)13(8)18-11-7-3-5-9(15)12(11)17-14(18)19/h2-7H,1H3,(H,17,19). The predicted molar refractivity (Wildman–Crippen MR) is 78.2 cm³/mol. The van der Waals surface area contributed by atoms with E-state index in [4.69, 9.17) is 23.8 Å². The summed E-state index contributed by atoms with van der Waals surface area (Å²) in [6.45, 7) is 1.85. The van der Waals surface area contributed by atoms with Gasteiger partial charge in [-0.05, 0) is 42.9 Å². The molecule has 96 valence electrons. The van der Waals surface area contributed by atoms with Crippen LogP contribution in [0.15, 0.2) is 36.4 Å². The molecular formula is C14H10ClFN2S. The first-order chi connectivity index (χ1) is 9.09. The molecule has 0 aliphatic carbocycles. The van der Waals surface area contributed by atoms with Crippen molar-refractivity contribution in [2.45, 2.75) is 6.92 Å². The van der Waals surface area contributed by atoms with E-state index in [0.717, 1.165) is 16.6 Å². The summed E-state index contributed by atoms with van der Waals surface area (Å²) >= 11 is 11.4. The lowest BCUT2D eigenvalue weighted by Gasteiger charge is -2.09. The monoisotopic (exact) mass is 292 g/mol. The van der Waals surface area contributed by atoms with Gasteiger partial charge in [-0.25, -0.2) is 4.39 Å². The number of fused-ring (bicyclic) bond motifs is 1. The molecule has 1 heterocycles. The number of benzene rings is 2. The lowest BCUT2D eigenvalue weighted by molar-refractivity contribution is 0.617. The summed E-state index contributed by atoms with van der Waals surface area (Å²) in [5.74, 6) is -0.308. The second-order valence-corrected chi connectivity index (χ2v) is 5.10. The van der Waals surface area contributed by atoms with Crippen molar-refractivity contribution in [3.8, 4) is 5.69 Å². The van der Waals surface area contributed by atoms with Crippen LogP contribution in [-0.4, -0.2) is 9.55 Å². The molecule has 2 nitrogen and oxygen atoms in total. The highest BCUT2D eigenvalue weighted by Gasteiger charge is 2.14. The van der Waals surface area contributed by atoms with Crippen LogP contribution in [0, 0.1) is 17.5 Å². The number of halogens is 2. The van der Waals surface area contributed by atoms with E-state index in [2.05, 4.69) is 4.98 Å². The van der Waals surface area contributed by atoms with Crippen molar-refractivity contribution >= 4 is 34.9 Å². The molecule has 19 heavy (non-hydrogen) atoms. The van der Waals surface area contributed by atoms with Crippen LogP contribution in [0.2, 0.25) is 5.02 Å². The first-order valence-corrected chi connectivity index (χ1v) is 6.53. The molecule has 2 aromatic carbocycles. The van der Waals surface area contributed by atoms with Gasteiger partial charge >= 0.3 is 0 Å². The molecule has 1 aromatic heterocycles. The van der Waals surface area contributed by atoms with Gasteiger partial charge in [-0.15, -0.1) is 0 Å². The summed E-state index contributed by atoms with van der Waals surface area (Å²) in [5, 5.41) is 0.566. The minimum absolute atomic E-state index is 0.308. The molecule has 1 N–H and O–H groups in total. The van der Waals surface area contributed by atoms with Crippen LogP contribution in [0.3, 0.4) is 0 Å². The number of H-pyrrole nitrogens is 1. The maximum absolute atomic E-state index is 14.1. The van der Waals surface area contributed by atoms with E-state index < -0.39 is 0 Å². The Morgan fingerprint density at radius 2 is 1.95 bits per heavy atom. The first kappa shape index (κ1) is 12.4. The minimum Gasteiger partial charge on any atom is -0.329 e. The number of para-hydroxylation sites is 2. The van der Waals surface area contributed by atoms with E-state index in [1.807, 2.05) is 25.1 Å². The fraction of sp³-hybridized carbons (Fsp3) is 0.0714. The zero-order valence-corrected chi connectivity index (χ0v) is 11.6. The highest BCUT2D eigenvalue weighted by molar-refractivity contribution is 7.71. The maximum atomic E-state index is 14.1. The van der Waals surface area contributed by atoms with Crippen LogP contribution in [0.25, 0.3) is 16.7 Å². The smallest absolute Gasteiger partial charge is 0.182 e. The fourth-order valence-electron chi connectivity index (χ4n) is 2.22. The van der Waals surface area contributed by atoms with Gasteiger partial charge in [0.2, 0.25) is 0 Å². The Morgan fingerprint density at radius 3 is 2.68 bits per heavy atom. The third-order valence-corrected chi connectivity index (χ3v) is 3.68. The number of hydrogen-bond donors (Lipinski definition) is 1. The van der Waals surface area contributed by atoms with Crippen molar-refractivity contribution in [3.05, 3.63) is 57.6 Å². The Bertz CT molecular complexity index is 815. The summed E-state index contributed by atoms with van der Waals surface area (Å²) < 4.78 is 16.2. The quantitative estimate of drug-likeness (QED) is 0.640. The van der Waals surface area contributed by atoms with Gasteiger partial charge in [0.1, 0.15) is 5.82 Å². The molecule has 0 fully saturated rings. The Balaban J connectivity index is 2.47.